The Balaban J connectivity index is 1.31. The van der Waals surface area contributed by atoms with Crippen LogP contribution in [0.15, 0.2) is 28.7 Å². The highest BCUT2D eigenvalue weighted by Crippen LogP contribution is 2.81. The first-order valence-corrected chi connectivity index (χ1v) is 19.9. The molecule has 13 nitrogen and oxygen atoms in total. The predicted molar refractivity (Wildman–Crippen MR) is 188 cm³/mol. The van der Waals surface area contributed by atoms with Crippen molar-refractivity contribution in [2.45, 2.75) is 122 Å². The van der Waals surface area contributed by atoms with Crippen molar-refractivity contribution in [1.29, 1.82) is 0 Å². The lowest BCUT2D eigenvalue weighted by molar-refractivity contribution is -0.290. The molecule has 2 unspecified atom stereocenters. The van der Waals surface area contributed by atoms with Crippen molar-refractivity contribution in [2.24, 2.45) is 63.6 Å². The molecular weight excluding hydrogens is 768 g/mol. The maximum atomic E-state index is 14.4. The van der Waals surface area contributed by atoms with Gasteiger partial charge in [0, 0.05) is 46.9 Å². The van der Waals surface area contributed by atoms with Gasteiger partial charge in [-0.15, -0.1) is 0 Å². The monoisotopic (exact) mass is 816 g/mol. The molecule has 14 heteroatoms. The second kappa shape index (κ2) is 11.3. The van der Waals surface area contributed by atoms with E-state index in [1.54, 1.807) is 31.2 Å². The molecule has 3 N–H and O–H groups in total. The standard InChI is InChI=1S/C40H49BrO13/c1-14-20-13-21-28(51-21)31(45)36(20,5)25-22(27(14)44)24-29(52-34(46)18-9-11-19(41)12-10-18)26-23(37(24,6)33(50-17(4)43)30(25)49-16(3)42)15(2)32-40(53-32)38(26,7)39(8,48)35(47)54-40/h9-12,14-15,20-33,44-45,48H,13H2,1-8H3/t14-,15-,20+,21-,22?,23-,24+,25?,26-,27-,28-,29+,30-,31-,32+,33-,36-,37+,38-,39+,40-/m0/s1. The van der Waals surface area contributed by atoms with Gasteiger partial charge in [0.25, 0.3) is 0 Å². The van der Waals surface area contributed by atoms with Gasteiger partial charge in [-0.1, -0.05) is 43.6 Å². The number of hydrogen-bond donors (Lipinski definition) is 3. The van der Waals surface area contributed by atoms with Crippen molar-refractivity contribution >= 4 is 39.8 Å². The van der Waals surface area contributed by atoms with Gasteiger partial charge in [-0.2, -0.15) is 0 Å². The van der Waals surface area contributed by atoms with Gasteiger partial charge in [-0.3, -0.25) is 9.59 Å². The lowest BCUT2D eigenvalue weighted by atomic mass is 9.39. The van der Waals surface area contributed by atoms with Crippen LogP contribution < -0.4 is 0 Å². The molecule has 1 aromatic carbocycles. The van der Waals surface area contributed by atoms with Crippen LogP contribution in [0, 0.1) is 63.6 Å². The summed E-state index contributed by atoms with van der Waals surface area (Å²) in [5, 5.41) is 37.3. The van der Waals surface area contributed by atoms with Crippen LogP contribution in [0.4, 0.5) is 0 Å². The van der Waals surface area contributed by atoms with Gasteiger partial charge in [0.05, 0.1) is 29.3 Å². The number of halogens is 1. The molecule has 0 bridgehead atoms. The highest BCUT2D eigenvalue weighted by Gasteiger charge is 2.93. The number of rotatable bonds is 4. The zero-order chi connectivity index (χ0) is 39.0. The number of ether oxygens (including phenoxy) is 6. The Bertz CT molecular complexity index is 1830. The van der Waals surface area contributed by atoms with Gasteiger partial charge < -0.3 is 43.7 Å². The average Bonchev–Trinajstić information content (AvgIpc) is 4.00. The van der Waals surface area contributed by atoms with E-state index in [9.17, 15) is 34.5 Å². The molecule has 0 aromatic heterocycles. The van der Waals surface area contributed by atoms with E-state index in [-0.39, 0.29) is 23.5 Å². The van der Waals surface area contributed by atoms with Crippen molar-refractivity contribution in [3.05, 3.63) is 34.3 Å². The highest BCUT2D eigenvalue weighted by atomic mass is 79.9. The molecular formula is C40H49BrO13. The lowest BCUT2D eigenvalue weighted by Gasteiger charge is -2.67. The van der Waals surface area contributed by atoms with Crippen LogP contribution >= 0.6 is 15.9 Å². The molecule has 9 rings (SSSR count). The third-order valence-electron chi connectivity index (χ3n) is 16.4. The molecule has 3 saturated heterocycles. The third-order valence-corrected chi connectivity index (χ3v) is 16.9. The number of aliphatic hydroxyl groups excluding tert-OH is 2. The SMILES string of the molecule is CC(=O)O[C@H]1C2C([C@@H](O)[C@@H](C)[C@H]3C[C@@H]4O[C@@H]4[C@H](O)[C@]23C)[C@@H]2[C@@H](OC(=O)c3ccc(Br)cc3)[C@@H]3[C@H]([C@H](C)[C@H]4O[C@]45OC(=O)[C@@](C)(O)[C@]35C)[C@@]2(C)[C@H]1OC(C)=O. The number of fused-ring (bicyclic) bond motifs is 9. The second-order valence-electron chi connectivity index (χ2n) is 18.4. The number of benzene rings is 1. The van der Waals surface area contributed by atoms with Gasteiger partial charge in [0.2, 0.25) is 5.79 Å². The predicted octanol–water partition coefficient (Wildman–Crippen LogP) is 3.18. The van der Waals surface area contributed by atoms with Crippen LogP contribution in [-0.4, -0.2) is 99.4 Å². The maximum Gasteiger partial charge on any atom is 0.341 e. The van der Waals surface area contributed by atoms with E-state index in [1.165, 1.54) is 20.8 Å². The van der Waals surface area contributed by atoms with E-state index in [0.717, 1.165) is 4.47 Å². The van der Waals surface area contributed by atoms with Crippen LogP contribution in [0.1, 0.15) is 72.2 Å². The van der Waals surface area contributed by atoms with Crippen molar-refractivity contribution in [3.8, 4) is 0 Å². The minimum atomic E-state index is -2.12. The van der Waals surface area contributed by atoms with Crippen molar-refractivity contribution in [3.63, 3.8) is 0 Å². The number of carbonyl (C=O) groups is 4. The lowest BCUT2D eigenvalue weighted by Crippen LogP contribution is -2.74. The Hall–Kier alpha value is -2.62. The van der Waals surface area contributed by atoms with Gasteiger partial charge >= 0.3 is 23.9 Å². The van der Waals surface area contributed by atoms with E-state index < -0.39 is 130 Å². The number of carbonyl (C=O) groups excluding carboxylic acids is 4. The number of hydrogen-bond acceptors (Lipinski definition) is 13. The highest BCUT2D eigenvalue weighted by molar-refractivity contribution is 9.10. The van der Waals surface area contributed by atoms with E-state index >= 15 is 0 Å². The van der Waals surface area contributed by atoms with Crippen LogP contribution in [0.2, 0.25) is 0 Å². The number of aliphatic hydroxyl groups is 3. The largest absolute Gasteiger partial charge is 0.458 e. The summed E-state index contributed by atoms with van der Waals surface area (Å²) in [6, 6.07) is 6.68. The molecule has 8 fully saturated rings. The molecule has 21 atom stereocenters. The quantitative estimate of drug-likeness (QED) is 0.229. The zero-order valence-corrected chi connectivity index (χ0v) is 33.1. The maximum absolute atomic E-state index is 14.4. The van der Waals surface area contributed by atoms with E-state index in [0.29, 0.717) is 6.42 Å². The third kappa shape index (κ3) is 4.23. The van der Waals surface area contributed by atoms with Crippen LogP contribution in [0.25, 0.3) is 0 Å². The molecule has 294 valence electrons. The summed E-state index contributed by atoms with van der Waals surface area (Å²) in [5.74, 6) is -9.30. The minimum Gasteiger partial charge on any atom is -0.458 e. The van der Waals surface area contributed by atoms with Gasteiger partial charge in [0.15, 0.2) is 5.60 Å². The fourth-order valence-electron chi connectivity index (χ4n) is 14.0. The summed E-state index contributed by atoms with van der Waals surface area (Å²) in [4.78, 5) is 54.6. The first-order valence-electron chi connectivity index (χ1n) is 19.2. The summed E-state index contributed by atoms with van der Waals surface area (Å²) >= 11 is 3.42. The molecule has 8 aliphatic rings. The van der Waals surface area contributed by atoms with Gasteiger partial charge in [0.1, 0.15) is 30.5 Å². The Morgan fingerprint density at radius 2 is 1.48 bits per heavy atom. The van der Waals surface area contributed by atoms with Gasteiger partial charge in [-0.05, 0) is 74.1 Å². The van der Waals surface area contributed by atoms with Crippen molar-refractivity contribution in [1.82, 2.24) is 0 Å². The summed E-state index contributed by atoms with van der Waals surface area (Å²) in [7, 11) is 0. The van der Waals surface area contributed by atoms with E-state index in [1.807, 2.05) is 27.7 Å². The summed E-state index contributed by atoms with van der Waals surface area (Å²) < 4.78 is 38.5. The van der Waals surface area contributed by atoms with E-state index in [2.05, 4.69) is 15.9 Å². The Labute approximate surface area is 321 Å². The second-order valence-corrected chi connectivity index (χ2v) is 19.3. The average molecular weight is 818 g/mol. The summed E-state index contributed by atoms with van der Waals surface area (Å²) in [6.45, 7) is 13.5. The fourth-order valence-corrected chi connectivity index (χ4v) is 14.3. The van der Waals surface area contributed by atoms with Crippen LogP contribution in [0.3, 0.4) is 0 Å². The molecule has 1 spiro atoms. The minimum absolute atomic E-state index is 0.172. The molecule has 3 heterocycles. The van der Waals surface area contributed by atoms with E-state index in [4.69, 9.17) is 28.4 Å². The van der Waals surface area contributed by atoms with Gasteiger partial charge in [-0.25, -0.2) is 9.59 Å². The first-order chi connectivity index (χ1) is 25.2. The summed E-state index contributed by atoms with van der Waals surface area (Å²) in [6.07, 6.45) is -6.23. The first kappa shape index (κ1) is 37.0. The Morgan fingerprint density at radius 1 is 0.852 bits per heavy atom. The molecule has 5 saturated carbocycles. The molecule has 1 aromatic rings. The molecule has 54 heavy (non-hydrogen) atoms. The number of esters is 4. The molecule has 3 aliphatic heterocycles. The fraction of sp³-hybridized carbons (Fsp3) is 0.750. The molecule has 5 aliphatic carbocycles. The molecule has 0 amide bonds. The van der Waals surface area contributed by atoms with Crippen LogP contribution in [-0.2, 0) is 42.8 Å². The van der Waals surface area contributed by atoms with Crippen molar-refractivity contribution < 1.29 is 62.9 Å². The Morgan fingerprint density at radius 3 is 2.11 bits per heavy atom. The zero-order valence-electron chi connectivity index (χ0n) is 31.6. The smallest absolute Gasteiger partial charge is 0.341 e. The number of epoxide rings is 2. The normalized spacial score (nSPS) is 55.6. The van der Waals surface area contributed by atoms with Crippen molar-refractivity contribution in [2.75, 3.05) is 0 Å². The summed E-state index contributed by atoms with van der Waals surface area (Å²) in [5.41, 5.74) is -5.62. The topological polar surface area (TPSA) is 191 Å². The Kier molecular flexibility index (Phi) is 7.72. The molecule has 0 radical (unpaired) electrons. The van der Waals surface area contributed by atoms with Crippen LogP contribution in [0.5, 0.6) is 0 Å².